The highest BCUT2D eigenvalue weighted by Crippen LogP contribution is 2.25. The number of halogens is 2. The monoisotopic (exact) mass is 349 g/mol. The molecule has 0 aliphatic carbocycles. The highest BCUT2D eigenvalue weighted by atomic mass is 35.5. The largest absolute Gasteiger partial charge is 0.484 e. The Morgan fingerprint density at radius 2 is 1.74 bits per heavy atom. The van der Waals surface area contributed by atoms with Gasteiger partial charge < -0.3 is 14.5 Å². The maximum atomic E-state index is 5.96. The maximum absolute atomic E-state index is 5.96. The first kappa shape index (κ1) is 15.6. The van der Waals surface area contributed by atoms with Crippen molar-refractivity contribution in [2.45, 2.75) is 13.2 Å². The minimum Gasteiger partial charge on any atom is -0.484 e. The molecule has 0 bridgehead atoms. The van der Waals surface area contributed by atoms with Crippen LogP contribution in [0.15, 0.2) is 52.9 Å². The third kappa shape index (κ3) is 4.37. The first-order valence-electron chi connectivity index (χ1n) is 6.89. The van der Waals surface area contributed by atoms with Crippen molar-refractivity contribution in [1.29, 1.82) is 0 Å². The highest BCUT2D eigenvalue weighted by molar-refractivity contribution is 6.42. The molecule has 0 saturated carbocycles. The molecule has 1 heterocycles. The molecule has 0 spiro atoms. The Balaban J connectivity index is 1.53. The molecule has 1 aromatic heterocycles. The van der Waals surface area contributed by atoms with E-state index in [-0.39, 0.29) is 6.61 Å². The first-order chi connectivity index (χ1) is 11.2. The predicted octanol–water partition coefficient (Wildman–Crippen LogP) is 4.57. The van der Waals surface area contributed by atoms with Gasteiger partial charge in [0.05, 0.1) is 16.6 Å². The normalized spacial score (nSPS) is 10.5. The summed E-state index contributed by atoms with van der Waals surface area (Å²) in [6.45, 7) is 0.611. The van der Waals surface area contributed by atoms with Gasteiger partial charge in [-0.05, 0) is 30.3 Å². The van der Waals surface area contributed by atoms with E-state index in [2.05, 4.69) is 15.5 Å². The standard InChI is InChI=1S/C16H13Cl2N3O2/c17-13-7-6-11(8-14(13)18)19-9-15-20-21-16(23-15)10-22-12-4-2-1-3-5-12/h1-8,19H,9-10H2. The van der Waals surface area contributed by atoms with Gasteiger partial charge in [0.25, 0.3) is 5.89 Å². The zero-order valence-corrected chi connectivity index (χ0v) is 13.5. The summed E-state index contributed by atoms with van der Waals surface area (Å²) >= 11 is 11.8. The van der Waals surface area contributed by atoms with Gasteiger partial charge in [0.15, 0.2) is 6.61 Å². The Bertz CT molecular complexity index is 778. The molecule has 3 rings (SSSR count). The SMILES string of the molecule is Clc1ccc(NCc2nnc(COc3ccccc3)o2)cc1Cl. The molecule has 0 fully saturated rings. The molecule has 2 aromatic carbocycles. The van der Waals surface area contributed by atoms with E-state index in [0.29, 0.717) is 28.4 Å². The average molecular weight is 350 g/mol. The van der Waals surface area contributed by atoms with E-state index >= 15 is 0 Å². The van der Waals surface area contributed by atoms with Crippen LogP contribution >= 0.6 is 23.2 Å². The first-order valence-corrected chi connectivity index (χ1v) is 7.64. The van der Waals surface area contributed by atoms with Crippen molar-refractivity contribution in [2.75, 3.05) is 5.32 Å². The van der Waals surface area contributed by atoms with Gasteiger partial charge >= 0.3 is 0 Å². The number of ether oxygens (including phenoxy) is 1. The number of hydrogen-bond donors (Lipinski definition) is 1. The number of benzene rings is 2. The van der Waals surface area contributed by atoms with E-state index in [9.17, 15) is 0 Å². The van der Waals surface area contributed by atoms with Crippen molar-refractivity contribution in [3.05, 3.63) is 70.4 Å². The number of nitrogens with zero attached hydrogens (tertiary/aromatic N) is 2. The van der Waals surface area contributed by atoms with Crippen molar-refractivity contribution < 1.29 is 9.15 Å². The Hall–Kier alpha value is -2.24. The number of rotatable bonds is 6. The lowest BCUT2D eigenvalue weighted by molar-refractivity contribution is 0.259. The molecule has 0 amide bonds. The molecule has 3 aromatic rings. The zero-order chi connectivity index (χ0) is 16.1. The maximum Gasteiger partial charge on any atom is 0.253 e. The molecule has 23 heavy (non-hydrogen) atoms. The summed E-state index contributed by atoms with van der Waals surface area (Å²) in [7, 11) is 0. The zero-order valence-electron chi connectivity index (χ0n) is 12.0. The second-order valence-electron chi connectivity index (χ2n) is 4.67. The van der Waals surface area contributed by atoms with Crippen LogP contribution in [0, 0.1) is 0 Å². The van der Waals surface area contributed by atoms with Crippen LogP contribution in [0.5, 0.6) is 5.75 Å². The molecule has 0 saturated heterocycles. The third-order valence-corrected chi connectivity index (χ3v) is 3.72. The lowest BCUT2D eigenvalue weighted by atomic mass is 10.3. The van der Waals surface area contributed by atoms with E-state index in [1.54, 1.807) is 12.1 Å². The Kier molecular flexibility index (Phi) is 5.00. The van der Waals surface area contributed by atoms with Crippen LogP contribution in [-0.4, -0.2) is 10.2 Å². The molecule has 118 valence electrons. The summed E-state index contributed by atoms with van der Waals surface area (Å²) in [5.74, 6) is 1.63. The van der Waals surface area contributed by atoms with Gasteiger partial charge in [-0.1, -0.05) is 41.4 Å². The number of aromatic nitrogens is 2. The van der Waals surface area contributed by atoms with Gasteiger partial charge in [0.1, 0.15) is 5.75 Å². The molecule has 0 aliphatic rings. The van der Waals surface area contributed by atoms with Crippen molar-refractivity contribution >= 4 is 28.9 Å². The van der Waals surface area contributed by atoms with Gasteiger partial charge in [0.2, 0.25) is 5.89 Å². The quantitative estimate of drug-likeness (QED) is 0.706. The van der Waals surface area contributed by atoms with Crippen molar-refractivity contribution in [3.63, 3.8) is 0 Å². The number of anilines is 1. The van der Waals surface area contributed by atoms with Crippen LogP contribution in [0.1, 0.15) is 11.8 Å². The Labute approximate surface area is 143 Å². The molecule has 0 radical (unpaired) electrons. The predicted molar refractivity (Wildman–Crippen MR) is 88.9 cm³/mol. The van der Waals surface area contributed by atoms with Crippen LogP contribution in [0.3, 0.4) is 0 Å². The average Bonchev–Trinajstić information content (AvgIpc) is 3.03. The van der Waals surface area contributed by atoms with Crippen molar-refractivity contribution in [2.24, 2.45) is 0 Å². The number of hydrogen-bond acceptors (Lipinski definition) is 5. The van der Waals surface area contributed by atoms with E-state index in [1.165, 1.54) is 0 Å². The topological polar surface area (TPSA) is 60.2 Å². The van der Waals surface area contributed by atoms with Crippen LogP contribution in [0.2, 0.25) is 10.0 Å². The molecule has 1 N–H and O–H groups in total. The Morgan fingerprint density at radius 1 is 0.957 bits per heavy atom. The summed E-state index contributed by atoms with van der Waals surface area (Å²) in [5.41, 5.74) is 0.819. The molecule has 7 heteroatoms. The second-order valence-corrected chi connectivity index (χ2v) is 5.49. The lowest BCUT2D eigenvalue weighted by Gasteiger charge is -2.04. The summed E-state index contributed by atoms with van der Waals surface area (Å²) in [6, 6.07) is 14.7. The van der Waals surface area contributed by atoms with Gasteiger partial charge in [-0.2, -0.15) is 0 Å². The Morgan fingerprint density at radius 3 is 2.52 bits per heavy atom. The van der Waals surface area contributed by atoms with Crippen molar-refractivity contribution in [3.8, 4) is 5.75 Å². The number of para-hydroxylation sites is 1. The lowest BCUT2D eigenvalue weighted by Crippen LogP contribution is -1.99. The highest BCUT2D eigenvalue weighted by Gasteiger charge is 2.07. The molecule has 0 aliphatic heterocycles. The minimum absolute atomic E-state index is 0.226. The fraction of sp³-hybridized carbons (Fsp3) is 0.125. The molecule has 5 nitrogen and oxygen atoms in total. The number of nitrogens with one attached hydrogen (secondary N) is 1. The second kappa shape index (κ2) is 7.35. The van der Waals surface area contributed by atoms with E-state index in [0.717, 1.165) is 11.4 Å². The summed E-state index contributed by atoms with van der Waals surface area (Å²) in [6.07, 6.45) is 0. The fourth-order valence-electron chi connectivity index (χ4n) is 1.86. The smallest absolute Gasteiger partial charge is 0.253 e. The molecular formula is C16H13Cl2N3O2. The van der Waals surface area contributed by atoms with E-state index < -0.39 is 0 Å². The fourth-order valence-corrected chi connectivity index (χ4v) is 2.16. The minimum atomic E-state index is 0.226. The van der Waals surface area contributed by atoms with Crippen molar-refractivity contribution in [1.82, 2.24) is 10.2 Å². The molecule has 0 unspecified atom stereocenters. The van der Waals surface area contributed by atoms with Gasteiger partial charge in [0, 0.05) is 5.69 Å². The van der Waals surface area contributed by atoms with Crippen LogP contribution in [0.25, 0.3) is 0 Å². The summed E-state index contributed by atoms with van der Waals surface area (Å²) < 4.78 is 11.1. The van der Waals surface area contributed by atoms with Gasteiger partial charge in [-0.3, -0.25) is 0 Å². The third-order valence-electron chi connectivity index (χ3n) is 2.98. The summed E-state index contributed by atoms with van der Waals surface area (Å²) in [4.78, 5) is 0. The van der Waals surface area contributed by atoms with E-state index in [1.807, 2.05) is 36.4 Å². The molecular weight excluding hydrogens is 337 g/mol. The van der Waals surface area contributed by atoms with Gasteiger partial charge in [-0.15, -0.1) is 10.2 Å². The van der Waals surface area contributed by atoms with Gasteiger partial charge in [-0.25, -0.2) is 0 Å². The summed E-state index contributed by atoms with van der Waals surface area (Å²) in [5, 5.41) is 12.0. The molecule has 0 atom stereocenters. The van der Waals surface area contributed by atoms with E-state index in [4.69, 9.17) is 32.4 Å². The van der Waals surface area contributed by atoms with Crippen LogP contribution in [-0.2, 0) is 13.2 Å². The van der Waals surface area contributed by atoms with Crippen LogP contribution < -0.4 is 10.1 Å². The van der Waals surface area contributed by atoms with Crippen LogP contribution in [0.4, 0.5) is 5.69 Å².